The number of halogens is 8. The van der Waals surface area contributed by atoms with Crippen LogP contribution in [0.4, 0.5) is 17.6 Å². The number of aromatic nitrogens is 4. The molecule has 6 rings (SSSR count). The minimum atomic E-state index is -0.714. The average Bonchev–Trinajstić information content (AvgIpc) is 3.78. The first-order valence-electron chi connectivity index (χ1n) is 13.5. The van der Waals surface area contributed by atoms with E-state index in [1.165, 1.54) is 36.7 Å². The molecule has 0 unspecified atom stereocenters. The van der Waals surface area contributed by atoms with Gasteiger partial charge in [-0.15, -0.1) is 0 Å². The second kappa shape index (κ2) is 17.7. The van der Waals surface area contributed by atoms with Crippen LogP contribution in [0.5, 0.6) is 11.5 Å². The molecule has 267 valence electrons. The van der Waals surface area contributed by atoms with Crippen molar-refractivity contribution in [1.29, 1.82) is 0 Å². The standard InChI is InChI=1S/2C16H8Cl2F2N2O2.Cu.H4N2/c2*17-9-3-11(16(24)12(18)4-9)15(23)8-6-21-22(7-8)14-5-10(19)1-2-13(14)20;;1-2/h2*1-7,24H;;1-2H2/q;;+2;/p-2. The molecule has 4 aromatic carbocycles. The fourth-order valence-electron chi connectivity index (χ4n) is 4.24. The van der Waals surface area contributed by atoms with Gasteiger partial charge >= 0.3 is 17.1 Å². The first-order chi connectivity index (χ1) is 23.7. The van der Waals surface area contributed by atoms with E-state index in [9.17, 15) is 37.4 Å². The molecule has 51 heavy (non-hydrogen) atoms. The topological polar surface area (TPSA) is 168 Å². The zero-order valence-electron chi connectivity index (χ0n) is 25.0. The number of benzene rings is 4. The Kier molecular flexibility index (Phi) is 14.2. The number of ketones is 2. The summed E-state index contributed by atoms with van der Waals surface area (Å²) in [5.41, 5.74) is -0.775. The van der Waals surface area contributed by atoms with Gasteiger partial charge in [0, 0.05) is 55.7 Å². The SMILES string of the molecule is NN.O=C(c1cnn(-c2cc(F)ccc2F)c1)c1cc(Cl)cc(Cl)c1[O-].O=C(c1cnn(-c2cc(F)ccc2F)c1)c1cc(Cl)cc(Cl)c1[O-].[Cu+2]. The molecule has 2 aromatic heterocycles. The quantitative estimate of drug-likeness (QED) is 0.0645. The summed E-state index contributed by atoms with van der Waals surface area (Å²) in [7, 11) is 0. The van der Waals surface area contributed by atoms with Crippen LogP contribution in [0.3, 0.4) is 0 Å². The van der Waals surface area contributed by atoms with E-state index in [-0.39, 0.29) is 70.8 Å². The Hall–Kier alpha value is -4.44. The van der Waals surface area contributed by atoms with E-state index < -0.39 is 46.3 Å². The van der Waals surface area contributed by atoms with E-state index in [4.69, 9.17) is 46.4 Å². The minimum Gasteiger partial charge on any atom is -0.871 e. The van der Waals surface area contributed by atoms with E-state index in [2.05, 4.69) is 21.9 Å². The van der Waals surface area contributed by atoms with E-state index in [1.807, 2.05) is 0 Å². The summed E-state index contributed by atoms with van der Waals surface area (Å²) < 4.78 is 56.0. The summed E-state index contributed by atoms with van der Waals surface area (Å²) in [4.78, 5) is 24.9. The monoisotopic (exact) mass is 829 g/mol. The van der Waals surface area contributed by atoms with E-state index >= 15 is 0 Å². The van der Waals surface area contributed by atoms with E-state index in [0.717, 1.165) is 58.2 Å². The Morgan fingerprint density at radius 3 is 1.31 bits per heavy atom. The van der Waals surface area contributed by atoms with Gasteiger partial charge < -0.3 is 10.2 Å². The number of rotatable bonds is 6. The van der Waals surface area contributed by atoms with E-state index in [0.29, 0.717) is 0 Å². The van der Waals surface area contributed by atoms with Gasteiger partial charge in [0.05, 0.1) is 23.5 Å². The van der Waals surface area contributed by atoms with Crippen molar-refractivity contribution in [3.63, 3.8) is 0 Å². The molecule has 0 aliphatic heterocycles. The molecule has 0 aliphatic rings. The van der Waals surface area contributed by atoms with Crippen molar-refractivity contribution in [2.24, 2.45) is 11.7 Å². The zero-order chi connectivity index (χ0) is 36.9. The fourth-order valence-corrected chi connectivity index (χ4v) is 5.22. The van der Waals surface area contributed by atoms with Crippen LogP contribution in [0, 0.1) is 23.3 Å². The van der Waals surface area contributed by atoms with Gasteiger partial charge in [-0.2, -0.15) is 10.2 Å². The number of hydrogen-bond donors (Lipinski definition) is 2. The molecule has 2 heterocycles. The molecular weight excluding hydrogens is 814 g/mol. The maximum Gasteiger partial charge on any atom is 2.00 e. The molecule has 0 saturated carbocycles. The number of carbonyl (C=O) groups is 2. The number of hydrogen-bond acceptors (Lipinski definition) is 8. The predicted molar refractivity (Wildman–Crippen MR) is 174 cm³/mol. The van der Waals surface area contributed by atoms with Crippen LogP contribution in [-0.2, 0) is 17.1 Å². The normalized spacial score (nSPS) is 10.3. The molecule has 1 radical (unpaired) electrons. The zero-order valence-corrected chi connectivity index (χ0v) is 29.0. The van der Waals surface area contributed by atoms with Crippen molar-refractivity contribution < 1.29 is 54.4 Å². The van der Waals surface area contributed by atoms with Crippen molar-refractivity contribution in [3.8, 4) is 22.9 Å². The van der Waals surface area contributed by atoms with Crippen LogP contribution in [0.15, 0.2) is 85.5 Å². The summed E-state index contributed by atoms with van der Waals surface area (Å²) in [6.45, 7) is 0. The predicted octanol–water partition coefficient (Wildman–Crippen LogP) is 6.34. The number of hydrazine groups is 1. The average molecular weight is 832 g/mol. The number of carbonyl (C=O) groups excluding carboxylic acids is 2. The Morgan fingerprint density at radius 1 is 0.608 bits per heavy atom. The molecule has 4 N–H and O–H groups in total. The third-order valence-corrected chi connectivity index (χ3v) is 7.50. The van der Waals surface area contributed by atoms with Gasteiger partial charge in [-0.25, -0.2) is 26.9 Å². The van der Waals surface area contributed by atoms with Gasteiger partial charge in [0.25, 0.3) is 0 Å². The maximum absolute atomic E-state index is 13.8. The van der Waals surface area contributed by atoms with Crippen molar-refractivity contribution >= 4 is 58.0 Å². The second-order valence-corrected chi connectivity index (χ2v) is 11.4. The van der Waals surface area contributed by atoms with Crippen molar-refractivity contribution in [2.75, 3.05) is 0 Å². The molecule has 0 bridgehead atoms. The molecular formula is C32H18Cl4CuF4N6O4. The van der Waals surface area contributed by atoms with Crippen LogP contribution in [0.1, 0.15) is 31.8 Å². The first kappa shape index (κ1) is 41.0. The van der Waals surface area contributed by atoms with Crippen LogP contribution >= 0.6 is 46.4 Å². The Bertz CT molecular complexity index is 2080. The Morgan fingerprint density at radius 2 is 0.961 bits per heavy atom. The maximum atomic E-state index is 13.8. The van der Waals surface area contributed by atoms with Crippen molar-refractivity contribution in [3.05, 3.63) is 151 Å². The summed E-state index contributed by atoms with van der Waals surface area (Å²) in [5, 5.41) is 31.5. The molecule has 0 amide bonds. The van der Waals surface area contributed by atoms with E-state index in [1.54, 1.807) is 0 Å². The molecule has 19 heteroatoms. The first-order valence-corrected chi connectivity index (χ1v) is 15.0. The molecule has 0 saturated heterocycles. The van der Waals surface area contributed by atoms with Crippen molar-refractivity contribution in [1.82, 2.24) is 19.6 Å². The van der Waals surface area contributed by atoms with Crippen LogP contribution in [0.2, 0.25) is 20.1 Å². The molecule has 0 atom stereocenters. The van der Waals surface area contributed by atoms with Gasteiger partial charge in [0.2, 0.25) is 0 Å². The van der Waals surface area contributed by atoms with Gasteiger partial charge in [-0.1, -0.05) is 57.9 Å². The smallest absolute Gasteiger partial charge is 0.871 e. The summed E-state index contributed by atoms with van der Waals surface area (Å²) >= 11 is 23.1. The largest absolute Gasteiger partial charge is 2.00 e. The van der Waals surface area contributed by atoms with Crippen LogP contribution < -0.4 is 21.9 Å². The summed E-state index contributed by atoms with van der Waals surface area (Å²) in [6.07, 6.45) is 4.66. The molecule has 0 aliphatic carbocycles. The molecule has 0 fully saturated rings. The third kappa shape index (κ3) is 9.47. The van der Waals surface area contributed by atoms with Gasteiger partial charge in [0.15, 0.2) is 11.6 Å². The summed E-state index contributed by atoms with van der Waals surface area (Å²) in [5.74, 6) is 2.57. The second-order valence-electron chi connectivity index (χ2n) is 9.73. The Labute approximate surface area is 316 Å². The third-order valence-electron chi connectivity index (χ3n) is 6.51. The minimum absolute atomic E-state index is 0. The van der Waals surface area contributed by atoms with Gasteiger partial charge in [-0.05, 0) is 48.5 Å². The Balaban J connectivity index is 0.000000258. The fraction of sp³-hybridized carbons (Fsp3) is 0. The summed E-state index contributed by atoms with van der Waals surface area (Å²) in [6, 6.07) is 10.5. The molecule has 6 aromatic rings. The van der Waals surface area contributed by atoms with Gasteiger partial charge in [-0.3, -0.25) is 21.3 Å². The number of nitrogens with zero attached hydrogens (tertiary/aromatic N) is 4. The molecule has 10 nitrogen and oxygen atoms in total. The van der Waals surface area contributed by atoms with Crippen molar-refractivity contribution in [2.45, 2.75) is 0 Å². The number of nitrogens with two attached hydrogens (primary N) is 2. The van der Waals surface area contributed by atoms with Crippen LogP contribution in [0.25, 0.3) is 11.4 Å². The van der Waals surface area contributed by atoms with Gasteiger partial charge in [0.1, 0.15) is 34.6 Å². The molecule has 0 spiro atoms. The van der Waals surface area contributed by atoms with Crippen LogP contribution in [-0.4, -0.2) is 31.1 Å².